The van der Waals surface area contributed by atoms with Crippen molar-refractivity contribution in [1.29, 1.82) is 0 Å². The number of hydrazine groups is 1. The number of carbonyl (C=O) groups excluding carboxylic acids is 2. The number of nitrogens with zero attached hydrogens (tertiary/aromatic N) is 1. The summed E-state index contributed by atoms with van der Waals surface area (Å²) in [4.78, 5) is 23.2. The van der Waals surface area contributed by atoms with Crippen LogP contribution in [0.5, 0.6) is 0 Å². The summed E-state index contributed by atoms with van der Waals surface area (Å²) in [5.41, 5.74) is 3.30. The maximum atomic E-state index is 11.8. The van der Waals surface area contributed by atoms with Crippen molar-refractivity contribution in [3.63, 3.8) is 0 Å². The number of amides is 2. The molecule has 1 heterocycles. The van der Waals surface area contributed by atoms with Gasteiger partial charge < -0.3 is 10.1 Å². The number of para-hydroxylation sites is 1. The molecule has 17 heavy (non-hydrogen) atoms. The summed E-state index contributed by atoms with van der Waals surface area (Å²) < 4.78 is 4.51. The molecule has 1 aromatic rings. The number of benzene rings is 1. The highest BCUT2D eigenvalue weighted by Gasteiger charge is 2.27. The molecule has 88 valence electrons. The minimum absolute atomic E-state index is 0.0511. The lowest BCUT2D eigenvalue weighted by Crippen LogP contribution is -2.49. The molecule has 0 unspecified atom stereocenters. The van der Waals surface area contributed by atoms with Gasteiger partial charge in [0.2, 0.25) is 5.11 Å². The first-order valence-electron chi connectivity index (χ1n) is 4.72. The monoisotopic (exact) mass is 251 g/mol. The molecule has 0 saturated heterocycles. The Hall–Kier alpha value is -2.15. The molecule has 0 aliphatic carbocycles. The van der Waals surface area contributed by atoms with Crippen molar-refractivity contribution < 1.29 is 14.3 Å². The molecule has 1 aromatic carbocycles. The van der Waals surface area contributed by atoms with Gasteiger partial charge in [-0.05, 0) is 24.4 Å². The van der Waals surface area contributed by atoms with Gasteiger partial charge in [0.05, 0.1) is 18.4 Å². The molecular formula is C10H9N3O3S. The van der Waals surface area contributed by atoms with Crippen LogP contribution in [0.1, 0.15) is 10.4 Å². The molecule has 2 rings (SSSR count). The van der Waals surface area contributed by atoms with Crippen LogP contribution < -0.4 is 10.7 Å². The quantitative estimate of drug-likeness (QED) is 0.676. The second-order valence-corrected chi connectivity index (χ2v) is 3.61. The minimum Gasteiger partial charge on any atom is -0.451 e. The van der Waals surface area contributed by atoms with E-state index in [9.17, 15) is 9.59 Å². The number of anilines is 1. The number of rotatable bonds is 0. The summed E-state index contributed by atoms with van der Waals surface area (Å²) in [6.07, 6.45) is -0.761. The summed E-state index contributed by atoms with van der Waals surface area (Å²) in [6.45, 7) is 0. The number of thiocarbonyl (C=S) groups is 1. The van der Waals surface area contributed by atoms with Gasteiger partial charge in [0.1, 0.15) is 0 Å². The molecule has 1 aliphatic rings. The van der Waals surface area contributed by atoms with Crippen LogP contribution in [-0.2, 0) is 4.74 Å². The van der Waals surface area contributed by atoms with Gasteiger partial charge in [0.25, 0.3) is 5.91 Å². The van der Waals surface area contributed by atoms with Crippen LogP contribution in [0.15, 0.2) is 24.3 Å². The Labute approximate surface area is 103 Å². The second-order valence-electron chi connectivity index (χ2n) is 3.22. The fourth-order valence-electron chi connectivity index (χ4n) is 1.39. The highest BCUT2D eigenvalue weighted by molar-refractivity contribution is 7.80. The number of hydrogen-bond donors (Lipinski definition) is 2. The van der Waals surface area contributed by atoms with Gasteiger partial charge >= 0.3 is 6.09 Å². The fraction of sp³-hybridized carbons (Fsp3) is 0.100. The molecule has 2 amide bonds. The number of ether oxygens (including phenoxy) is 1. The Balaban J connectivity index is 2.38. The summed E-state index contributed by atoms with van der Waals surface area (Å²) in [5.74, 6) is -0.432. The standard InChI is InChI=1S/C10H9N3O3S/c1-16-10(15)13-9(17)11-7-5-3-2-4-6(7)8(14)12-13/h2-5H,1H3,(H,11,17)(H,12,14). The lowest BCUT2D eigenvalue weighted by molar-refractivity contribution is 0.0836. The molecule has 7 heteroatoms. The van der Waals surface area contributed by atoms with Crippen molar-refractivity contribution in [3.8, 4) is 0 Å². The fourth-order valence-corrected chi connectivity index (χ4v) is 1.62. The van der Waals surface area contributed by atoms with Crippen LogP contribution >= 0.6 is 12.2 Å². The summed E-state index contributed by atoms with van der Waals surface area (Å²) in [6, 6.07) is 6.80. The van der Waals surface area contributed by atoms with E-state index in [1.165, 1.54) is 7.11 Å². The van der Waals surface area contributed by atoms with Gasteiger partial charge in [0, 0.05) is 0 Å². The molecule has 2 N–H and O–H groups in total. The van der Waals surface area contributed by atoms with E-state index >= 15 is 0 Å². The summed E-state index contributed by atoms with van der Waals surface area (Å²) >= 11 is 4.98. The molecule has 0 aromatic heterocycles. The van der Waals surface area contributed by atoms with Crippen molar-refractivity contribution in [1.82, 2.24) is 10.4 Å². The van der Waals surface area contributed by atoms with E-state index in [1.54, 1.807) is 24.3 Å². The Morgan fingerprint density at radius 2 is 2.12 bits per heavy atom. The lowest BCUT2D eigenvalue weighted by Gasteiger charge is -2.18. The topological polar surface area (TPSA) is 70.7 Å². The second kappa shape index (κ2) is 4.38. The van der Waals surface area contributed by atoms with Crippen LogP contribution in [0.2, 0.25) is 0 Å². The maximum Gasteiger partial charge on any atom is 0.435 e. The molecular weight excluding hydrogens is 242 g/mol. The van der Waals surface area contributed by atoms with Crippen LogP contribution in [0, 0.1) is 0 Å². The summed E-state index contributed by atoms with van der Waals surface area (Å²) in [5, 5.41) is 3.69. The average molecular weight is 251 g/mol. The number of carbonyl (C=O) groups is 2. The molecule has 0 radical (unpaired) electrons. The van der Waals surface area contributed by atoms with Crippen molar-refractivity contribution >= 4 is 35.0 Å². The van der Waals surface area contributed by atoms with Crippen molar-refractivity contribution in [2.75, 3.05) is 12.4 Å². The van der Waals surface area contributed by atoms with E-state index in [2.05, 4.69) is 15.5 Å². The number of hydrogen-bond acceptors (Lipinski definition) is 4. The molecule has 6 nitrogen and oxygen atoms in total. The van der Waals surface area contributed by atoms with E-state index < -0.39 is 12.0 Å². The van der Waals surface area contributed by atoms with Gasteiger partial charge in [-0.1, -0.05) is 12.1 Å². The zero-order valence-corrected chi connectivity index (χ0v) is 9.71. The van der Waals surface area contributed by atoms with E-state index in [1.807, 2.05) is 0 Å². The lowest BCUT2D eigenvalue weighted by atomic mass is 10.2. The van der Waals surface area contributed by atoms with Gasteiger partial charge in [-0.25, -0.2) is 4.79 Å². The van der Waals surface area contributed by atoms with E-state index in [4.69, 9.17) is 12.2 Å². The molecule has 0 fully saturated rings. The Kier molecular flexibility index (Phi) is 2.92. The van der Waals surface area contributed by atoms with E-state index in [-0.39, 0.29) is 5.11 Å². The molecule has 0 bridgehead atoms. The molecule has 0 atom stereocenters. The first-order chi connectivity index (χ1) is 8.13. The van der Waals surface area contributed by atoms with Gasteiger partial charge in [-0.15, -0.1) is 0 Å². The highest BCUT2D eigenvalue weighted by Crippen LogP contribution is 2.18. The summed E-state index contributed by atoms with van der Waals surface area (Å²) in [7, 11) is 1.20. The third-order valence-electron chi connectivity index (χ3n) is 2.19. The first-order valence-corrected chi connectivity index (χ1v) is 5.13. The third-order valence-corrected chi connectivity index (χ3v) is 2.47. The smallest absolute Gasteiger partial charge is 0.435 e. The highest BCUT2D eigenvalue weighted by atomic mass is 32.1. The number of nitrogens with one attached hydrogen (secondary N) is 2. The predicted octanol–water partition coefficient (Wildman–Crippen LogP) is 1.11. The van der Waals surface area contributed by atoms with Gasteiger partial charge in [0.15, 0.2) is 0 Å². The van der Waals surface area contributed by atoms with Crippen LogP contribution in [-0.4, -0.2) is 29.2 Å². The SMILES string of the molecule is COC(=O)N1NC(=O)c2ccccc2NC1=S. The number of methoxy groups -OCH3 is 1. The van der Waals surface area contributed by atoms with Gasteiger partial charge in [-0.2, -0.15) is 5.01 Å². The van der Waals surface area contributed by atoms with E-state index in [0.717, 1.165) is 5.01 Å². The minimum atomic E-state index is -0.761. The maximum absolute atomic E-state index is 11.8. The number of fused-ring (bicyclic) bond motifs is 1. The van der Waals surface area contributed by atoms with Crippen molar-refractivity contribution in [2.24, 2.45) is 0 Å². The zero-order valence-electron chi connectivity index (χ0n) is 8.89. The normalized spacial score (nSPS) is 14.3. The Bertz CT molecular complexity index is 503. The largest absolute Gasteiger partial charge is 0.451 e. The van der Waals surface area contributed by atoms with Crippen LogP contribution in [0.3, 0.4) is 0 Å². The van der Waals surface area contributed by atoms with Gasteiger partial charge in [-0.3, -0.25) is 10.2 Å². The van der Waals surface area contributed by atoms with Crippen molar-refractivity contribution in [2.45, 2.75) is 0 Å². The molecule has 0 saturated carbocycles. The molecule has 0 spiro atoms. The first kappa shape index (κ1) is 11.3. The van der Waals surface area contributed by atoms with E-state index in [0.29, 0.717) is 11.3 Å². The van der Waals surface area contributed by atoms with Crippen molar-refractivity contribution in [3.05, 3.63) is 29.8 Å². The zero-order chi connectivity index (χ0) is 12.4. The Morgan fingerprint density at radius 3 is 2.82 bits per heavy atom. The average Bonchev–Trinajstić information content (AvgIpc) is 2.46. The van der Waals surface area contributed by atoms with Crippen LogP contribution in [0.25, 0.3) is 0 Å². The Morgan fingerprint density at radius 1 is 1.41 bits per heavy atom. The third kappa shape index (κ3) is 2.04. The van der Waals surface area contributed by atoms with Crippen LogP contribution in [0.4, 0.5) is 10.5 Å². The molecule has 1 aliphatic heterocycles. The predicted molar refractivity (Wildman–Crippen MR) is 64.4 cm³/mol.